The van der Waals surface area contributed by atoms with Gasteiger partial charge in [0.15, 0.2) is 0 Å². The van der Waals surface area contributed by atoms with Gasteiger partial charge in [-0.25, -0.2) is 14.4 Å². The Labute approximate surface area is 160 Å². The number of hydrogen-bond donors (Lipinski definition) is 0. The zero-order chi connectivity index (χ0) is 19.8. The van der Waals surface area contributed by atoms with E-state index in [1.54, 1.807) is 6.07 Å². The van der Waals surface area contributed by atoms with E-state index in [2.05, 4.69) is 15.0 Å². The van der Waals surface area contributed by atoms with Gasteiger partial charge in [0.1, 0.15) is 17.1 Å². The van der Waals surface area contributed by atoms with Crippen molar-refractivity contribution in [2.45, 2.75) is 5.92 Å². The molecule has 28 heavy (non-hydrogen) atoms. The van der Waals surface area contributed by atoms with Crippen molar-refractivity contribution in [2.24, 2.45) is 15.0 Å². The molecule has 0 radical (unpaired) electrons. The average Bonchev–Trinajstić information content (AvgIpc) is 2.74. The summed E-state index contributed by atoms with van der Waals surface area (Å²) in [4.78, 5) is 43.7. The lowest BCUT2D eigenvalue weighted by Crippen LogP contribution is -2.04. The van der Waals surface area contributed by atoms with Crippen molar-refractivity contribution in [1.82, 2.24) is 0 Å². The maximum absolute atomic E-state index is 11.1. The molecular weight excluding hydrogens is 354 g/mol. The zero-order valence-electron chi connectivity index (χ0n) is 14.6. The van der Waals surface area contributed by atoms with Crippen molar-refractivity contribution in [3.05, 3.63) is 89.5 Å². The molecule has 134 valence electrons. The van der Waals surface area contributed by atoms with Gasteiger partial charge >= 0.3 is 0 Å². The quantitative estimate of drug-likeness (QED) is 0.357. The van der Waals surface area contributed by atoms with E-state index in [-0.39, 0.29) is 23.0 Å². The van der Waals surface area contributed by atoms with Crippen LogP contribution in [0.4, 0.5) is 17.1 Å². The molecule has 0 aliphatic heterocycles. The molecule has 0 heterocycles. The first-order chi connectivity index (χ1) is 13.8. The van der Waals surface area contributed by atoms with Gasteiger partial charge in [-0.1, -0.05) is 66.7 Å². The predicted molar refractivity (Wildman–Crippen MR) is 104 cm³/mol. The summed E-state index contributed by atoms with van der Waals surface area (Å²) < 4.78 is 0. The molecule has 3 aromatic carbocycles. The third-order valence-electron chi connectivity index (χ3n) is 4.22. The summed E-state index contributed by atoms with van der Waals surface area (Å²) in [6.45, 7) is 0. The number of carbonyl (C=O) groups excluding carboxylic acids is 3. The summed E-state index contributed by atoms with van der Waals surface area (Å²) in [7, 11) is 0. The second-order valence-electron chi connectivity index (χ2n) is 5.73. The molecule has 0 saturated heterocycles. The second-order valence-corrected chi connectivity index (χ2v) is 5.73. The lowest BCUT2D eigenvalue weighted by atomic mass is 9.84. The van der Waals surface area contributed by atoms with Crippen molar-refractivity contribution in [2.75, 3.05) is 0 Å². The van der Waals surface area contributed by atoms with E-state index in [0.29, 0.717) is 5.56 Å². The first-order valence-corrected chi connectivity index (χ1v) is 8.30. The molecule has 0 bridgehead atoms. The monoisotopic (exact) mass is 367 g/mol. The van der Waals surface area contributed by atoms with Crippen molar-refractivity contribution in [1.29, 1.82) is 0 Å². The van der Waals surface area contributed by atoms with Crippen molar-refractivity contribution in [3.63, 3.8) is 0 Å². The maximum atomic E-state index is 11.1. The highest BCUT2D eigenvalue weighted by Crippen LogP contribution is 2.46. The van der Waals surface area contributed by atoms with Crippen LogP contribution in [-0.2, 0) is 14.4 Å². The Hall–Kier alpha value is -4.20. The van der Waals surface area contributed by atoms with Crippen molar-refractivity contribution in [3.8, 4) is 0 Å². The molecule has 6 nitrogen and oxygen atoms in total. The Morgan fingerprint density at radius 3 is 1.57 bits per heavy atom. The molecule has 0 fully saturated rings. The second kappa shape index (κ2) is 8.95. The molecule has 0 aliphatic carbocycles. The molecular formula is C22H13N3O3. The van der Waals surface area contributed by atoms with Crippen LogP contribution in [0.5, 0.6) is 0 Å². The van der Waals surface area contributed by atoms with Crippen LogP contribution in [0.2, 0.25) is 0 Å². The fourth-order valence-corrected chi connectivity index (χ4v) is 3.12. The Balaban J connectivity index is 2.37. The predicted octanol–water partition coefficient (Wildman–Crippen LogP) is 4.77. The van der Waals surface area contributed by atoms with Crippen LogP contribution in [0.3, 0.4) is 0 Å². The topological polar surface area (TPSA) is 88.3 Å². The minimum absolute atomic E-state index is 0.0314. The highest BCUT2D eigenvalue weighted by Gasteiger charge is 2.23. The number of aliphatic imine (C=N–C) groups is 3. The molecule has 0 spiro atoms. The van der Waals surface area contributed by atoms with E-state index >= 15 is 0 Å². The molecule has 0 unspecified atom stereocenters. The summed E-state index contributed by atoms with van der Waals surface area (Å²) in [5, 5.41) is 0. The van der Waals surface area contributed by atoms with Crippen LogP contribution in [0.15, 0.2) is 87.8 Å². The van der Waals surface area contributed by atoms with Gasteiger partial charge in [-0.15, -0.1) is 0 Å². The van der Waals surface area contributed by atoms with Crippen LogP contribution < -0.4 is 0 Å². The normalized spacial score (nSPS) is 9.75. The van der Waals surface area contributed by atoms with Gasteiger partial charge in [-0.3, -0.25) is 0 Å². The van der Waals surface area contributed by atoms with E-state index < -0.39 is 0 Å². The molecule has 0 aromatic heterocycles. The van der Waals surface area contributed by atoms with Gasteiger partial charge in [0.05, 0.1) is 0 Å². The van der Waals surface area contributed by atoms with Crippen LogP contribution in [-0.4, -0.2) is 18.2 Å². The fourth-order valence-electron chi connectivity index (χ4n) is 3.12. The Morgan fingerprint density at radius 2 is 1.07 bits per heavy atom. The average molecular weight is 367 g/mol. The van der Waals surface area contributed by atoms with Gasteiger partial charge in [-0.2, -0.15) is 15.0 Å². The minimum Gasteiger partial charge on any atom is -0.211 e. The number of rotatable bonds is 6. The van der Waals surface area contributed by atoms with E-state index in [1.807, 2.05) is 60.7 Å². The van der Waals surface area contributed by atoms with Crippen LogP contribution >= 0.6 is 0 Å². The molecule has 3 aromatic rings. The molecule has 0 atom stereocenters. The highest BCUT2D eigenvalue weighted by atomic mass is 16.1. The van der Waals surface area contributed by atoms with Gasteiger partial charge in [0.25, 0.3) is 0 Å². The SMILES string of the molecule is O=C=Nc1ccc(C(c2ccccc2)c2ccccc2)c(N=C=O)c1N=C=O. The Morgan fingerprint density at radius 1 is 0.571 bits per heavy atom. The largest absolute Gasteiger partial charge is 0.240 e. The van der Waals surface area contributed by atoms with Gasteiger partial charge in [0, 0.05) is 5.92 Å². The highest BCUT2D eigenvalue weighted by molar-refractivity contribution is 5.84. The van der Waals surface area contributed by atoms with E-state index in [4.69, 9.17) is 0 Å². The minimum atomic E-state index is -0.302. The van der Waals surface area contributed by atoms with Crippen molar-refractivity contribution < 1.29 is 14.4 Å². The third kappa shape index (κ3) is 3.80. The molecule has 0 amide bonds. The first kappa shape index (κ1) is 18.6. The van der Waals surface area contributed by atoms with Crippen LogP contribution in [0, 0.1) is 0 Å². The summed E-state index contributed by atoms with van der Waals surface area (Å²) in [6.07, 6.45) is 4.33. The summed E-state index contributed by atoms with van der Waals surface area (Å²) >= 11 is 0. The van der Waals surface area contributed by atoms with Gasteiger partial charge in [0.2, 0.25) is 18.2 Å². The number of hydrogen-bond acceptors (Lipinski definition) is 6. The fraction of sp³-hybridized carbons (Fsp3) is 0.0455. The summed E-state index contributed by atoms with van der Waals surface area (Å²) in [6, 6.07) is 22.5. The number of nitrogens with zero attached hydrogens (tertiary/aromatic N) is 3. The maximum Gasteiger partial charge on any atom is 0.240 e. The summed E-state index contributed by atoms with van der Waals surface area (Å²) in [5.41, 5.74) is 2.65. The Bertz CT molecular complexity index is 1080. The lowest BCUT2D eigenvalue weighted by Gasteiger charge is -2.21. The van der Waals surface area contributed by atoms with Gasteiger partial charge in [-0.05, 0) is 22.8 Å². The third-order valence-corrected chi connectivity index (χ3v) is 4.22. The smallest absolute Gasteiger partial charge is 0.211 e. The Kier molecular flexibility index (Phi) is 5.94. The lowest BCUT2D eigenvalue weighted by molar-refractivity contribution is 0.564. The van der Waals surface area contributed by atoms with Crippen LogP contribution in [0.25, 0.3) is 0 Å². The number of isocyanates is 3. The first-order valence-electron chi connectivity index (χ1n) is 8.30. The molecule has 0 aliphatic rings. The molecule has 6 heteroatoms. The van der Waals surface area contributed by atoms with Gasteiger partial charge < -0.3 is 0 Å². The molecule has 3 rings (SSSR count). The summed E-state index contributed by atoms with van der Waals surface area (Å²) in [5.74, 6) is -0.302. The zero-order valence-corrected chi connectivity index (χ0v) is 14.6. The van der Waals surface area contributed by atoms with E-state index in [9.17, 15) is 14.4 Å². The molecule has 0 N–H and O–H groups in total. The number of benzene rings is 3. The standard InChI is InChI=1S/C22H13N3O3/c26-13-23-19-12-11-18(21(24-14-27)22(19)25-15-28)20(16-7-3-1-4-8-16)17-9-5-2-6-10-17/h1-12,20H. The van der Waals surface area contributed by atoms with E-state index in [0.717, 1.165) is 11.1 Å². The van der Waals surface area contributed by atoms with E-state index in [1.165, 1.54) is 24.3 Å². The van der Waals surface area contributed by atoms with Crippen molar-refractivity contribution >= 4 is 35.3 Å². The van der Waals surface area contributed by atoms with Crippen LogP contribution in [0.1, 0.15) is 22.6 Å². The molecule has 0 saturated carbocycles.